The van der Waals surface area contributed by atoms with E-state index >= 15 is 0 Å². The lowest BCUT2D eigenvalue weighted by molar-refractivity contribution is -0.123. The summed E-state index contributed by atoms with van der Waals surface area (Å²) in [6.45, 7) is 0. The number of H-pyrrole nitrogens is 1. The molecule has 1 aromatic heterocycles. The molecule has 0 bridgehead atoms. The van der Waals surface area contributed by atoms with E-state index in [1.165, 1.54) is 0 Å². The zero-order valence-electron chi connectivity index (χ0n) is 8.79. The van der Waals surface area contributed by atoms with E-state index in [-0.39, 0.29) is 5.91 Å². The van der Waals surface area contributed by atoms with Crippen molar-refractivity contribution >= 4 is 16.8 Å². The average molecular weight is 215 g/mol. The molecule has 1 aliphatic rings. The molecule has 1 aromatic carbocycles. The van der Waals surface area contributed by atoms with Crippen molar-refractivity contribution in [2.45, 2.75) is 18.3 Å². The van der Waals surface area contributed by atoms with Crippen molar-refractivity contribution in [3.8, 4) is 0 Å². The fraction of sp³-hybridized carbons (Fsp3) is 0.250. The van der Waals surface area contributed by atoms with E-state index in [0.717, 1.165) is 29.3 Å². The van der Waals surface area contributed by atoms with E-state index in [9.17, 15) is 4.79 Å². The molecule has 2 aromatic rings. The Balaban J connectivity index is 2.16. The quantitative estimate of drug-likeness (QED) is 0.400. The molecular formula is C12H13N3O. The highest BCUT2D eigenvalue weighted by molar-refractivity contribution is 5.97. The number of para-hydroxylation sites is 1. The Morgan fingerprint density at radius 3 is 2.81 bits per heavy atom. The first kappa shape index (κ1) is 9.42. The Hall–Kier alpha value is -1.81. The van der Waals surface area contributed by atoms with E-state index in [1.807, 2.05) is 30.5 Å². The van der Waals surface area contributed by atoms with E-state index in [1.54, 1.807) is 0 Å². The summed E-state index contributed by atoms with van der Waals surface area (Å²) in [7, 11) is 0. The number of hydrogen-bond acceptors (Lipinski definition) is 2. The summed E-state index contributed by atoms with van der Waals surface area (Å²) in [6.07, 6.45) is 3.67. The lowest BCUT2D eigenvalue weighted by Gasteiger charge is -2.11. The van der Waals surface area contributed by atoms with Crippen molar-refractivity contribution in [1.82, 2.24) is 10.4 Å². The third-order valence-electron chi connectivity index (χ3n) is 3.42. The van der Waals surface area contributed by atoms with Crippen LogP contribution in [0.5, 0.6) is 0 Å². The topological polar surface area (TPSA) is 70.9 Å². The molecule has 82 valence electrons. The third-order valence-corrected chi connectivity index (χ3v) is 3.42. The molecule has 4 heteroatoms. The number of hydrogen-bond donors (Lipinski definition) is 3. The molecule has 1 aliphatic carbocycles. The molecule has 4 N–H and O–H groups in total. The van der Waals surface area contributed by atoms with Crippen molar-refractivity contribution in [2.24, 2.45) is 5.84 Å². The molecule has 1 amide bonds. The molecular weight excluding hydrogens is 202 g/mol. The molecule has 16 heavy (non-hydrogen) atoms. The van der Waals surface area contributed by atoms with Crippen molar-refractivity contribution in [3.05, 3.63) is 36.0 Å². The Morgan fingerprint density at radius 1 is 1.38 bits per heavy atom. The highest BCUT2D eigenvalue weighted by Crippen LogP contribution is 2.50. The van der Waals surface area contributed by atoms with E-state index in [0.29, 0.717) is 0 Å². The number of fused-ring (bicyclic) bond motifs is 1. The Bertz CT molecular complexity index is 554. The van der Waals surface area contributed by atoms with Crippen molar-refractivity contribution in [2.75, 3.05) is 0 Å². The highest BCUT2D eigenvalue weighted by atomic mass is 16.2. The SMILES string of the molecule is NNC(=O)C1(c2c[nH]c3ccccc23)CC1. The number of amides is 1. The first-order valence-electron chi connectivity index (χ1n) is 5.35. The van der Waals surface area contributed by atoms with Gasteiger partial charge in [-0.25, -0.2) is 5.84 Å². The van der Waals surface area contributed by atoms with Crippen molar-refractivity contribution in [1.29, 1.82) is 0 Å². The Kier molecular flexibility index (Phi) is 1.82. The predicted molar refractivity (Wildman–Crippen MR) is 61.5 cm³/mol. The molecule has 0 unspecified atom stereocenters. The minimum Gasteiger partial charge on any atom is -0.361 e. The van der Waals surface area contributed by atoms with Crippen LogP contribution >= 0.6 is 0 Å². The molecule has 1 saturated carbocycles. The van der Waals surface area contributed by atoms with Gasteiger partial charge in [-0.2, -0.15) is 0 Å². The van der Waals surface area contributed by atoms with Crippen LogP contribution in [0, 0.1) is 0 Å². The van der Waals surface area contributed by atoms with Gasteiger partial charge in [0.05, 0.1) is 5.41 Å². The van der Waals surface area contributed by atoms with Crippen molar-refractivity contribution < 1.29 is 4.79 Å². The maximum atomic E-state index is 11.8. The molecule has 0 spiro atoms. The number of carbonyl (C=O) groups excluding carboxylic acids is 1. The fourth-order valence-corrected chi connectivity index (χ4v) is 2.35. The number of nitrogens with one attached hydrogen (secondary N) is 2. The largest absolute Gasteiger partial charge is 0.361 e. The number of benzene rings is 1. The van der Waals surface area contributed by atoms with Gasteiger partial charge in [0.2, 0.25) is 5.91 Å². The molecule has 0 aliphatic heterocycles. The Morgan fingerprint density at radius 2 is 2.12 bits per heavy atom. The summed E-state index contributed by atoms with van der Waals surface area (Å²) in [4.78, 5) is 15.0. The number of carbonyl (C=O) groups is 1. The molecule has 1 heterocycles. The van der Waals surface area contributed by atoms with Gasteiger partial charge in [0.15, 0.2) is 0 Å². The van der Waals surface area contributed by atoms with Crippen molar-refractivity contribution in [3.63, 3.8) is 0 Å². The smallest absolute Gasteiger partial charge is 0.244 e. The number of aromatic amines is 1. The minimum atomic E-state index is -0.394. The second kappa shape index (κ2) is 3.09. The summed E-state index contributed by atoms with van der Waals surface area (Å²) in [5, 5.41) is 1.11. The number of nitrogens with two attached hydrogens (primary N) is 1. The molecule has 0 radical (unpaired) electrons. The normalized spacial score (nSPS) is 17.3. The van der Waals surface area contributed by atoms with Crippen LogP contribution < -0.4 is 11.3 Å². The summed E-state index contributed by atoms with van der Waals surface area (Å²) < 4.78 is 0. The summed E-state index contributed by atoms with van der Waals surface area (Å²) in [5.74, 6) is 5.15. The van der Waals surface area contributed by atoms with Crippen LogP contribution in [0.3, 0.4) is 0 Å². The molecule has 1 fully saturated rings. The van der Waals surface area contributed by atoms with Gasteiger partial charge in [-0.3, -0.25) is 10.2 Å². The molecule has 4 nitrogen and oxygen atoms in total. The van der Waals surface area contributed by atoms with E-state index in [4.69, 9.17) is 5.84 Å². The second-order valence-corrected chi connectivity index (χ2v) is 4.30. The van der Waals surface area contributed by atoms with Gasteiger partial charge in [0.1, 0.15) is 0 Å². The van der Waals surface area contributed by atoms with Gasteiger partial charge in [0.25, 0.3) is 0 Å². The van der Waals surface area contributed by atoms with Crippen LogP contribution in [-0.2, 0) is 10.2 Å². The third kappa shape index (κ3) is 1.10. The number of rotatable bonds is 2. The Labute approximate surface area is 92.8 Å². The first-order chi connectivity index (χ1) is 7.78. The van der Waals surface area contributed by atoms with Crippen LogP contribution in [-0.4, -0.2) is 10.9 Å². The fourth-order valence-electron chi connectivity index (χ4n) is 2.35. The lowest BCUT2D eigenvalue weighted by atomic mass is 9.95. The molecule has 0 saturated heterocycles. The van der Waals surface area contributed by atoms with Gasteiger partial charge < -0.3 is 4.98 Å². The summed E-state index contributed by atoms with van der Waals surface area (Å²) in [6, 6.07) is 8.00. The summed E-state index contributed by atoms with van der Waals surface area (Å²) in [5.41, 5.74) is 4.00. The molecule has 0 atom stereocenters. The highest BCUT2D eigenvalue weighted by Gasteiger charge is 2.52. The number of aromatic nitrogens is 1. The standard InChI is InChI=1S/C12H13N3O/c13-15-11(16)12(5-6-12)9-7-14-10-4-2-1-3-8(9)10/h1-4,7,14H,5-6,13H2,(H,15,16). The van der Waals surface area contributed by atoms with Gasteiger partial charge >= 0.3 is 0 Å². The van der Waals surface area contributed by atoms with E-state index in [2.05, 4.69) is 10.4 Å². The second-order valence-electron chi connectivity index (χ2n) is 4.30. The van der Waals surface area contributed by atoms with Crippen LogP contribution in [0.2, 0.25) is 0 Å². The van der Waals surface area contributed by atoms with Crippen LogP contribution in [0.4, 0.5) is 0 Å². The van der Waals surface area contributed by atoms with Gasteiger partial charge in [-0.05, 0) is 24.5 Å². The van der Waals surface area contributed by atoms with Crippen LogP contribution in [0.1, 0.15) is 18.4 Å². The maximum Gasteiger partial charge on any atom is 0.244 e. The maximum absolute atomic E-state index is 11.8. The predicted octanol–water partition coefficient (Wildman–Crippen LogP) is 1.19. The molecule has 3 rings (SSSR count). The van der Waals surface area contributed by atoms with E-state index < -0.39 is 5.41 Å². The average Bonchev–Trinajstić information content (AvgIpc) is 3.02. The first-order valence-corrected chi connectivity index (χ1v) is 5.35. The number of hydrazine groups is 1. The van der Waals surface area contributed by atoms with Crippen LogP contribution in [0.25, 0.3) is 10.9 Å². The van der Waals surface area contributed by atoms with Crippen LogP contribution in [0.15, 0.2) is 30.5 Å². The monoisotopic (exact) mass is 215 g/mol. The van der Waals surface area contributed by atoms with Gasteiger partial charge in [0, 0.05) is 17.1 Å². The summed E-state index contributed by atoms with van der Waals surface area (Å²) >= 11 is 0. The van der Waals surface area contributed by atoms with Gasteiger partial charge in [-0.15, -0.1) is 0 Å². The lowest BCUT2D eigenvalue weighted by Crippen LogP contribution is -2.39. The minimum absolute atomic E-state index is 0.0859. The zero-order chi connectivity index (χ0) is 11.2. The zero-order valence-corrected chi connectivity index (χ0v) is 8.79. The van der Waals surface area contributed by atoms with Gasteiger partial charge in [-0.1, -0.05) is 18.2 Å².